The Balaban J connectivity index is 1.73. The minimum absolute atomic E-state index is 0.215. The van der Waals surface area contributed by atoms with E-state index in [0.717, 1.165) is 22.5 Å². The third-order valence-corrected chi connectivity index (χ3v) is 5.88. The summed E-state index contributed by atoms with van der Waals surface area (Å²) < 4.78 is 7.59. The van der Waals surface area contributed by atoms with Gasteiger partial charge in [0.05, 0.1) is 46.4 Å². The first kappa shape index (κ1) is 20.5. The molecule has 8 nitrogen and oxygen atoms in total. The number of fused-ring (bicyclic) bond motifs is 4. The Kier molecular flexibility index (Phi) is 4.91. The largest absolute Gasteiger partial charge is 0.373 e. The van der Waals surface area contributed by atoms with E-state index in [1.165, 1.54) is 0 Å². The minimum Gasteiger partial charge on any atom is -0.373 e. The number of ether oxygens (including phenoxy) is 1. The van der Waals surface area contributed by atoms with Crippen LogP contribution in [-0.2, 0) is 23.2 Å². The molecule has 2 bridgehead atoms. The van der Waals surface area contributed by atoms with Gasteiger partial charge in [0.15, 0.2) is 0 Å². The normalized spacial score (nSPS) is 19.8. The number of anilines is 1. The number of aromatic amines is 1. The van der Waals surface area contributed by atoms with Gasteiger partial charge in [-0.15, -0.1) is 0 Å². The van der Waals surface area contributed by atoms with Gasteiger partial charge in [-0.1, -0.05) is 11.6 Å². The summed E-state index contributed by atoms with van der Waals surface area (Å²) in [7, 11) is 1.84. The highest BCUT2D eigenvalue weighted by Crippen LogP contribution is 2.42. The molecule has 2 aromatic heterocycles. The smallest absolute Gasteiger partial charge is 0.256 e. The van der Waals surface area contributed by atoms with Crippen LogP contribution in [0.15, 0.2) is 24.4 Å². The molecule has 0 unspecified atom stereocenters. The van der Waals surface area contributed by atoms with Crippen LogP contribution in [0.3, 0.4) is 0 Å². The van der Waals surface area contributed by atoms with Crippen LogP contribution in [0, 0.1) is 6.92 Å². The molecule has 4 heterocycles. The van der Waals surface area contributed by atoms with E-state index in [-0.39, 0.29) is 24.5 Å². The zero-order valence-electron chi connectivity index (χ0n) is 17.9. The number of carbonyl (C=O) groups excluding carboxylic acids is 2. The molecule has 0 saturated carbocycles. The third kappa shape index (κ3) is 3.51. The predicted molar refractivity (Wildman–Crippen MR) is 122 cm³/mol. The van der Waals surface area contributed by atoms with Crippen LogP contribution in [0.1, 0.15) is 39.9 Å². The van der Waals surface area contributed by atoms with Gasteiger partial charge in [-0.3, -0.25) is 14.3 Å². The van der Waals surface area contributed by atoms with E-state index in [1.807, 2.05) is 39.2 Å². The number of H-pyrrole nitrogens is 1. The second kappa shape index (κ2) is 7.65. The molecule has 9 heteroatoms. The maximum Gasteiger partial charge on any atom is 0.256 e. The van der Waals surface area contributed by atoms with Gasteiger partial charge >= 0.3 is 0 Å². The summed E-state index contributed by atoms with van der Waals surface area (Å²) in [5.74, 6) is -0.513. The van der Waals surface area contributed by atoms with Crippen molar-refractivity contribution in [3.8, 4) is 11.1 Å². The lowest BCUT2D eigenvalue weighted by Crippen LogP contribution is -2.36. The average molecular weight is 452 g/mol. The fourth-order valence-electron chi connectivity index (χ4n) is 4.16. The monoisotopic (exact) mass is 451 g/mol. The fourth-order valence-corrected chi connectivity index (χ4v) is 4.43. The minimum atomic E-state index is -0.273. The summed E-state index contributed by atoms with van der Waals surface area (Å²) in [5, 5.41) is 10.8. The Hall–Kier alpha value is -3.36. The number of hydrogen-bond acceptors (Lipinski definition) is 4. The molecular weight excluding hydrogens is 430 g/mol. The van der Waals surface area contributed by atoms with Crippen molar-refractivity contribution in [2.75, 3.05) is 11.9 Å². The molecule has 0 spiro atoms. The first-order valence-corrected chi connectivity index (χ1v) is 10.7. The molecule has 2 aliphatic rings. The Labute approximate surface area is 189 Å². The van der Waals surface area contributed by atoms with Gasteiger partial charge in [-0.2, -0.15) is 5.10 Å². The first-order chi connectivity index (χ1) is 15.3. The van der Waals surface area contributed by atoms with E-state index in [9.17, 15) is 9.59 Å². The van der Waals surface area contributed by atoms with E-state index >= 15 is 0 Å². The van der Waals surface area contributed by atoms with Crippen molar-refractivity contribution in [1.29, 1.82) is 0 Å². The molecular formula is C23H22ClN5O3. The number of aryl methyl sites for hydroxylation is 2. The first-order valence-electron chi connectivity index (χ1n) is 10.3. The van der Waals surface area contributed by atoms with Crippen molar-refractivity contribution in [2.24, 2.45) is 7.05 Å². The summed E-state index contributed by atoms with van der Waals surface area (Å²) in [6.45, 7) is 4.35. The molecule has 32 heavy (non-hydrogen) atoms. The topological polar surface area (TPSA) is 101 Å². The molecule has 2 amide bonds. The van der Waals surface area contributed by atoms with E-state index in [2.05, 4.69) is 20.7 Å². The molecule has 0 saturated heterocycles. The second-order valence-electron chi connectivity index (χ2n) is 8.23. The summed E-state index contributed by atoms with van der Waals surface area (Å²) in [6.07, 6.45) is 3.61. The highest BCUT2D eigenvalue weighted by molar-refractivity contribution is 6.41. The van der Waals surface area contributed by atoms with Crippen molar-refractivity contribution >= 4 is 40.8 Å². The van der Waals surface area contributed by atoms with Crippen molar-refractivity contribution in [3.63, 3.8) is 0 Å². The fraction of sp³-hybridized carbons (Fsp3) is 0.261. The van der Waals surface area contributed by atoms with Gasteiger partial charge in [0.2, 0.25) is 0 Å². The number of rotatable bonds is 0. The maximum absolute atomic E-state index is 12.9. The standard InChI is InChI=1S/C23H22ClN5O3/c1-11-4-16-19(25-11)7-15-14-5-13(6-18(24)21(14)27-22(15)30)17-8-29(3)28-20(17)10-32-9-12(2)26-23(16)31/h4-8,12,25H,9-10H2,1-3H3,(H,26,31)(H,27,30)/b15-7-/t12-/m1/s1. The quantitative estimate of drug-likeness (QED) is 0.486. The summed E-state index contributed by atoms with van der Waals surface area (Å²) in [6, 6.07) is 5.29. The number of hydrogen-bond donors (Lipinski definition) is 3. The maximum atomic E-state index is 12.9. The molecule has 1 aromatic carbocycles. The summed E-state index contributed by atoms with van der Waals surface area (Å²) in [4.78, 5) is 29.0. The summed E-state index contributed by atoms with van der Waals surface area (Å²) in [5.41, 5.74) is 5.97. The Morgan fingerprint density at radius 1 is 1.16 bits per heavy atom. The number of halogens is 1. The average Bonchev–Trinajstić information content (AvgIpc) is 3.37. The highest BCUT2D eigenvalue weighted by atomic mass is 35.5. The van der Waals surface area contributed by atoms with Gasteiger partial charge in [0.1, 0.15) is 0 Å². The van der Waals surface area contributed by atoms with Gasteiger partial charge < -0.3 is 20.4 Å². The Morgan fingerprint density at radius 3 is 2.78 bits per heavy atom. The molecule has 164 valence electrons. The van der Waals surface area contributed by atoms with Crippen LogP contribution >= 0.6 is 11.6 Å². The van der Waals surface area contributed by atoms with Crippen LogP contribution < -0.4 is 10.6 Å². The Morgan fingerprint density at radius 2 is 1.97 bits per heavy atom. The lowest BCUT2D eigenvalue weighted by molar-refractivity contribution is -0.110. The van der Waals surface area contributed by atoms with Crippen molar-refractivity contribution in [3.05, 3.63) is 57.6 Å². The molecule has 3 N–H and O–H groups in total. The highest BCUT2D eigenvalue weighted by Gasteiger charge is 2.29. The molecule has 0 fully saturated rings. The second-order valence-corrected chi connectivity index (χ2v) is 8.63. The van der Waals surface area contributed by atoms with Crippen LogP contribution in [-0.4, -0.2) is 39.2 Å². The third-order valence-electron chi connectivity index (χ3n) is 5.58. The number of carbonyl (C=O) groups is 2. The molecule has 0 radical (unpaired) electrons. The van der Waals surface area contributed by atoms with E-state index in [1.54, 1.807) is 16.8 Å². The zero-order chi connectivity index (χ0) is 22.6. The van der Waals surface area contributed by atoms with Crippen LogP contribution in [0.4, 0.5) is 5.69 Å². The number of amides is 2. The van der Waals surface area contributed by atoms with Crippen molar-refractivity contribution in [1.82, 2.24) is 20.1 Å². The number of nitrogens with one attached hydrogen (secondary N) is 3. The molecule has 3 aromatic rings. The number of aromatic nitrogens is 3. The predicted octanol–water partition coefficient (Wildman–Crippen LogP) is 3.52. The molecule has 2 aliphatic heterocycles. The van der Waals surface area contributed by atoms with E-state index < -0.39 is 0 Å². The van der Waals surface area contributed by atoms with Gasteiger partial charge in [-0.05, 0) is 43.7 Å². The van der Waals surface area contributed by atoms with Crippen LogP contribution in [0.5, 0.6) is 0 Å². The summed E-state index contributed by atoms with van der Waals surface area (Å²) >= 11 is 6.56. The van der Waals surface area contributed by atoms with Crippen molar-refractivity contribution in [2.45, 2.75) is 26.5 Å². The Bertz CT molecular complexity index is 1300. The molecule has 1 atom stereocenters. The van der Waals surface area contributed by atoms with Gasteiger partial charge in [0, 0.05) is 36.1 Å². The van der Waals surface area contributed by atoms with Crippen LogP contribution in [0.2, 0.25) is 5.02 Å². The van der Waals surface area contributed by atoms with E-state index in [4.69, 9.17) is 16.3 Å². The lowest BCUT2D eigenvalue weighted by atomic mass is 9.98. The SMILES string of the molecule is Cc1cc2c([nH]1)/C=C1\C(=O)Nc3c(Cl)cc(cc31)-c1cn(C)nc1COC[C@@H](C)NC2=O. The molecule has 5 rings (SSSR count). The molecule has 0 aliphatic carbocycles. The van der Waals surface area contributed by atoms with Crippen LogP contribution in [0.25, 0.3) is 22.8 Å². The lowest BCUT2D eigenvalue weighted by Gasteiger charge is -2.14. The van der Waals surface area contributed by atoms with Gasteiger partial charge in [-0.25, -0.2) is 0 Å². The van der Waals surface area contributed by atoms with E-state index in [0.29, 0.717) is 39.7 Å². The number of benzene rings is 1. The van der Waals surface area contributed by atoms with Gasteiger partial charge in [0.25, 0.3) is 11.8 Å². The number of nitrogens with zero attached hydrogens (tertiary/aromatic N) is 2. The van der Waals surface area contributed by atoms with Crippen molar-refractivity contribution < 1.29 is 14.3 Å². The zero-order valence-corrected chi connectivity index (χ0v) is 18.6.